The number of hydrogen-bond donors (Lipinski definition) is 2. The quantitative estimate of drug-likeness (QED) is 0.816. The summed E-state index contributed by atoms with van der Waals surface area (Å²) in [5, 5.41) is 4.48. The minimum atomic E-state index is -4.94. The summed E-state index contributed by atoms with van der Waals surface area (Å²) in [6.45, 7) is 1.39. The lowest BCUT2D eigenvalue weighted by Crippen LogP contribution is -2.20. The predicted molar refractivity (Wildman–Crippen MR) is 63.5 cm³/mol. The fraction of sp³-hybridized carbons (Fsp3) is 0.200. The number of sulfonamides is 1. The molecule has 6 nitrogen and oxygen atoms in total. The molecule has 0 aliphatic rings. The number of rotatable bonds is 1. The van der Waals surface area contributed by atoms with E-state index in [1.807, 2.05) is 0 Å². The zero-order valence-corrected chi connectivity index (χ0v) is 10.8. The topological polar surface area (TPSA) is 106 Å². The summed E-state index contributed by atoms with van der Waals surface area (Å²) in [6.07, 6.45) is -4.94. The molecule has 0 saturated heterocycles. The Balaban J connectivity index is 3.01. The van der Waals surface area contributed by atoms with Crippen molar-refractivity contribution in [3.63, 3.8) is 0 Å². The van der Waals surface area contributed by atoms with E-state index in [1.54, 1.807) is 0 Å². The molecular weight excluding hydrogens is 299 g/mol. The molecule has 2 rings (SSSR count). The maximum atomic E-state index is 12.9. The fourth-order valence-corrected chi connectivity index (χ4v) is 2.50. The van der Waals surface area contributed by atoms with Crippen molar-refractivity contribution in [2.45, 2.75) is 18.0 Å². The monoisotopic (exact) mass is 307 g/mol. The van der Waals surface area contributed by atoms with Crippen LogP contribution in [-0.2, 0) is 16.2 Å². The summed E-state index contributed by atoms with van der Waals surface area (Å²) in [7, 11) is -4.64. The molecular formula is C10H8F3N3O3S. The lowest BCUT2D eigenvalue weighted by Gasteiger charge is -2.12. The van der Waals surface area contributed by atoms with Crippen LogP contribution in [0.3, 0.4) is 0 Å². The first-order valence-electron chi connectivity index (χ1n) is 5.15. The molecule has 10 heteroatoms. The number of H-pyrrole nitrogens is 1. The highest BCUT2D eigenvalue weighted by molar-refractivity contribution is 7.89. The number of halogens is 3. The molecule has 0 saturated carbocycles. The maximum absolute atomic E-state index is 12.9. The molecule has 0 fully saturated rings. The number of nitrogens with one attached hydrogen (secondary N) is 1. The molecule has 1 aromatic carbocycles. The fourth-order valence-electron chi connectivity index (χ4n) is 1.74. The molecule has 1 aromatic heterocycles. The van der Waals surface area contributed by atoms with Gasteiger partial charge in [0.15, 0.2) is 0 Å². The molecule has 0 unspecified atom stereocenters. The van der Waals surface area contributed by atoms with Crippen LogP contribution in [-0.4, -0.2) is 18.4 Å². The van der Waals surface area contributed by atoms with E-state index in [9.17, 15) is 26.4 Å². The van der Waals surface area contributed by atoms with E-state index in [1.165, 1.54) is 6.92 Å². The number of alkyl halides is 3. The summed E-state index contributed by atoms with van der Waals surface area (Å²) in [4.78, 5) is 16.5. The highest BCUT2D eigenvalue weighted by Gasteiger charge is 2.37. The first kappa shape index (κ1) is 14.5. The number of aromatic nitrogens is 2. The normalized spacial score (nSPS) is 12.8. The lowest BCUT2D eigenvalue weighted by molar-refractivity contribution is -0.139. The van der Waals surface area contributed by atoms with Crippen molar-refractivity contribution in [2.75, 3.05) is 0 Å². The highest BCUT2D eigenvalue weighted by Crippen LogP contribution is 2.35. The van der Waals surface area contributed by atoms with Crippen molar-refractivity contribution in [2.24, 2.45) is 5.14 Å². The van der Waals surface area contributed by atoms with Gasteiger partial charge in [0.1, 0.15) is 5.82 Å². The second-order valence-corrected chi connectivity index (χ2v) is 5.59. The van der Waals surface area contributed by atoms with E-state index >= 15 is 0 Å². The van der Waals surface area contributed by atoms with Crippen LogP contribution < -0.4 is 10.7 Å². The van der Waals surface area contributed by atoms with Crippen molar-refractivity contribution in [3.8, 4) is 0 Å². The summed E-state index contributed by atoms with van der Waals surface area (Å²) >= 11 is 0. The molecule has 2 aromatic rings. The predicted octanol–water partition coefficient (Wildman–Crippen LogP) is 0.898. The van der Waals surface area contributed by atoms with Crippen molar-refractivity contribution in [1.29, 1.82) is 0 Å². The Morgan fingerprint density at radius 3 is 2.40 bits per heavy atom. The minimum Gasteiger partial charge on any atom is -0.310 e. The van der Waals surface area contributed by atoms with Gasteiger partial charge >= 0.3 is 6.18 Å². The third kappa shape index (κ3) is 2.51. The van der Waals surface area contributed by atoms with Crippen LogP contribution in [0.4, 0.5) is 13.2 Å². The number of nitrogens with two attached hydrogens (primary N) is 1. The Labute approximate surface area is 110 Å². The Bertz CT molecular complexity index is 856. The summed E-state index contributed by atoms with van der Waals surface area (Å²) in [5.74, 6) is 0.110. The summed E-state index contributed by atoms with van der Waals surface area (Å²) in [6, 6.07) is 1.08. The molecule has 3 N–H and O–H groups in total. The van der Waals surface area contributed by atoms with E-state index in [-0.39, 0.29) is 16.7 Å². The third-order valence-electron chi connectivity index (χ3n) is 2.54. The maximum Gasteiger partial charge on any atom is 0.417 e. The molecule has 0 radical (unpaired) electrons. The number of hydrogen-bond acceptors (Lipinski definition) is 4. The zero-order valence-electron chi connectivity index (χ0n) is 9.95. The van der Waals surface area contributed by atoms with Gasteiger partial charge in [0, 0.05) is 0 Å². The standard InChI is InChI=1S/C10H8F3N3O3S/c1-4-15-7-3-6(10(11,12)13)8(20(14,18)19)2-5(7)9(17)16-4/h2-3H,1H3,(H2,14,18,19)(H,15,16,17). The van der Waals surface area contributed by atoms with Gasteiger partial charge in [-0.25, -0.2) is 18.5 Å². The number of benzene rings is 1. The van der Waals surface area contributed by atoms with Gasteiger partial charge in [-0.3, -0.25) is 4.79 Å². The first-order valence-corrected chi connectivity index (χ1v) is 6.69. The lowest BCUT2D eigenvalue weighted by atomic mass is 10.1. The number of fused-ring (bicyclic) bond motifs is 1. The second kappa shape index (κ2) is 4.28. The summed E-state index contributed by atoms with van der Waals surface area (Å²) in [5.41, 5.74) is -2.46. The molecule has 0 aliphatic carbocycles. The van der Waals surface area contributed by atoms with Gasteiger partial charge in [-0.15, -0.1) is 0 Å². The van der Waals surface area contributed by atoms with Crippen LogP contribution >= 0.6 is 0 Å². The van der Waals surface area contributed by atoms with Crippen LogP contribution in [0.25, 0.3) is 10.9 Å². The van der Waals surface area contributed by atoms with Gasteiger partial charge in [0.2, 0.25) is 10.0 Å². The molecule has 0 bridgehead atoms. The number of aryl methyl sites for hydroxylation is 1. The molecule has 0 aliphatic heterocycles. The largest absolute Gasteiger partial charge is 0.417 e. The van der Waals surface area contributed by atoms with Crippen molar-refractivity contribution in [1.82, 2.24) is 9.97 Å². The van der Waals surface area contributed by atoms with Gasteiger partial charge < -0.3 is 4.98 Å². The Kier molecular flexibility index (Phi) is 3.10. The smallest absolute Gasteiger partial charge is 0.310 e. The Morgan fingerprint density at radius 2 is 1.90 bits per heavy atom. The van der Waals surface area contributed by atoms with Crippen molar-refractivity contribution in [3.05, 3.63) is 33.9 Å². The van der Waals surface area contributed by atoms with Gasteiger partial charge in [0.05, 0.1) is 21.4 Å². The van der Waals surface area contributed by atoms with Crippen LogP contribution in [0.1, 0.15) is 11.4 Å². The number of nitrogens with zero attached hydrogens (tertiary/aromatic N) is 1. The first-order chi connectivity index (χ1) is 9.00. The van der Waals surface area contributed by atoms with Crippen molar-refractivity contribution < 1.29 is 21.6 Å². The third-order valence-corrected chi connectivity index (χ3v) is 3.49. The minimum absolute atomic E-state index is 0.110. The molecule has 108 valence electrons. The van der Waals surface area contributed by atoms with Gasteiger partial charge in [-0.1, -0.05) is 0 Å². The van der Waals surface area contributed by atoms with Crippen LogP contribution in [0.5, 0.6) is 0 Å². The Morgan fingerprint density at radius 1 is 1.30 bits per heavy atom. The van der Waals surface area contributed by atoms with E-state index in [0.29, 0.717) is 12.1 Å². The zero-order chi connectivity index (χ0) is 15.3. The Hall–Kier alpha value is -1.94. The molecule has 20 heavy (non-hydrogen) atoms. The molecule has 0 spiro atoms. The van der Waals surface area contributed by atoms with Crippen LogP contribution in [0.15, 0.2) is 21.8 Å². The van der Waals surface area contributed by atoms with Gasteiger partial charge in [-0.2, -0.15) is 13.2 Å². The van der Waals surface area contributed by atoms with E-state index < -0.39 is 32.2 Å². The van der Waals surface area contributed by atoms with E-state index in [2.05, 4.69) is 9.97 Å². The molecule has 0 atom stereocenters. The number of aromatic amines is 1. The van der Waals surface area contributed by atoms with E-state index in [4.69, 9.17) is 5.14 Å². The summed E-state index contributed by atoms with van der Waals surface area (Å²) < 4.78 is 61.2. The molecule has 0 amide bonds. The highest BCUT2D eigenvalue weighted by atomic mass is 32.2. The average Bonchev–Trinajstić information content (AvgIpc) is 2.24. The van der Waals surface area contributed by atoms with Crippen LogP contribution in [0, 0.1) is 6.92 Å². The van der Waals surface area contributed by atoms with Crippen LogP contribution in [0.2, 0.25) is 0 Å². The SMILES string of the molecule is Cc1nc2cc(C(F)(F)F)c(S(N)(=O)=O)cc2c(=O)[nH]1. The molecule has 1 heterocycles. The van der Waals surface area contributed by atoms with Crippen molar-refractivity contribution >= 4 is 20.9 Å². The average molecular weight is 307 g/mol. The van der Waals surface area contributed by atoms with Gasteiger partial charge in [-0.05, 0) is 19.1 Å². The van der Waals surface area contributed by atoms with E-state index in [0.717, 1.165) is 0 Å². The second-order valence-electron chi connectivity index (χ2n) is 4.06. The number of primary sulfonamides is 1. The van der Waals surface area contributed by atoms with Gasteiger partial charge in [0.25, 0.3) is 5.56 Å².